The zero-order valence-electron chi connectivity index (χ0n) is 10.0. The molecule has 0 saturated carbocycles. The Morgan fingerprint density at radius 2 is 2.38 bits per heavy atom. The van der Waals surface area contributed by atoms with E-state index in [2.05, 4.69) is 35.1 Å². The first kappa shape index (κ1) is 9.94. The SMILES string of the molecule is CC1(C)CCCN2c3ncccc3NCC21. The summed E-state index contributed by atoms with van der Waals surface area (Å²) in [5, 5.41) is 3.51. The third-order valence-corrected chi connectivity index (χ3v) is 4.04. The van der Waals surface area contributed by atoms with Gasteiger partial charge in [0.25, 0.3) is 0 Å². The highest BCUT2D eigenvalue weighted by Gasteiger charge is 2.40. The van der Waals surface area contributed by atoms with Crippen molar-refractivity contribution in [2.24, 2.45) is 5.41 Å². The van der Waals surface area contributed by atoms with Crippen LogP contribution in [0.4, 0.5) is 11.5 Å². The summed E-state index contributed by atoms with van der Waals surface area (Å²) in [5.41, 5.74) is 1.58. The van der Waals surface area contributed by atoms with Crippen LogP contribution in [0, 0.1) is 5.41 Å². The van der Waals surface area contributed by atoms with Crippen molar-refractivity contribution in [1.82, 2.24) is 4.98 Å². The summed E-state index contributed by atoms with van der Waals surface area (Å²) in [6.07, 6.45) is 4.49. The Morgan fingerprint density at radius 3 is 3.25 bits per heavy atom. The summed E-state index contributed by atoms with van der Waals surface area (Å²) < 4.78 is 0. The van der Waals surface area contributed by atoms with Crippen molar-refractivity contribution in [2.75, 3.05) is 23.3 Å². The molecule has 3 heterocycles. The quantitative estimate of drug-likeness (QED) is 0.723. The number of anilines is 2. The number of nitrogens with zero attached hydrogens (tertiary/aromatic N) is 2. The lowest BCUT2D eigenvalue weighted by Crippen LogP contribution is -2.55. The van der Waals surface area contributed by atoms with Gasteiger partial charge in [-0.3, -0.25) is 0 Å². The van der Waals surface area contributed by atoms with Crippen molar-refractivity contribution in [3.8, 4) is 0 Å². The predicted molar refractivity (Wildman–Crippen MR) is 66.9 cm³/mol. The molecule has 0 bridgehead atoms. The smallest absolute Gasteiger partial charge is 0.152 e. The van der Waals surface area contributed by atoms with Crippen LogP contribution in [0.1, 0.15) is 26.7 Å². The molecule has 86 valence electrons. The van der Waals surface area contributed by atoms with E-state index in [4.69, 9.17) is 0 Å². The van der Waals surface area contributed by atoms with Gasteiger partial charge in [0.05, 0.1) is 11.7 Å². The van der Waals surface area contributed by atoms with Gasteiger partial charge in [0.2, 0.25) is 0 Å². The van der Waals surface area contributed by atoms with Crippen molar-refractivity contribution < 1.29 is 0 Å². The molecule has 0 aromatic carbocycles. The number of hydrogen-bond donors (Lipinski definition) is 1. The highest BCUT2D eigenvalue weighted by molar-refractivity contribution is 5.68. The fraction of sp³-hybridized carbons (Fsp3) is 0.615. The molecule has 0 spiro atoms. The van der Waals surface area contributed by atoms with Gasteiger partial charge in [0.15, 0.2) is 5.82 Å². The Hall–Kier alpha value is -1.25. The molecule has 1 fully saturated rings. The van der Waals surface area contributed by atoms with Crippen LogP contribution < -0.4 is 10.2 Å². The molecule has 0 aliphatic carbocycles. The second kappa shape index (κ2) is 3.37. The number of pyridine rings is 1. The first-order valence-corrected chi connectivity index (χ1v) is 6.14. The van der Waals surface area contributed by atoms with Crippen molar-refractivity contribution in [1.29, 1.82) is 0 Å². The maximum absolute atomic E-state index is 4.53. The zero-order chi connectivity index (χ0) is 11.2. The van der Waals surface area contributed by atoms with Crippen molar-refractivity contribution in [3.05, 3.63) is 18.3 Å². The molecule has 3 heteroatoms. The molecule has 1 N–H and O–H groups in total. The topological polar surface area (TPSA) is 28.2 Å². The van der Waals surface area contributed by atoms with Crippen molar-refractivity contribution in [2.45, 2.75) is 32.7 Å². The summed E-state index contributed by atoms with van der Waals surface area (Å²) in [6.45, 7) is 6.95. The lowest BCUT2D eigenvalue weighted by molar-refractivity contribution is 0.216. The van der Waals surface area contributed by atoms with Gasteiger partial charge in [-0.2, -0.15) is 0 Å². The Bertz CT molecular complexity index is 400. The number of aromatic nitrogens is 1. The molecule has 2 aliphatic heterocycles. The van der Waals surface area contributed by atoms with Gasteiger partial charge in [-0.25, -0.2) is 4.98 Å². The summed E-state index contributed by atoms with van der Waals surface area (Å²) in [7, 11) is 0. The third kappa shape index (κ3) is 1.38. The molecule has 2 aliphatic rings. The standard InChI is InChI=1S/C13H19N3/c1-13(2)6-4-8-16-11(13)9-15-10-5-3-7-14-12(10)16/h3,5,7,11,15H,4,6,8-9H2,1-2H3. The van der Waals surface area contributed by atoms with E-state index in [1.165, 1.54) is 18.5 Å². The first-order chi connectivity index (χ1) is 7.68. The summed E-state index contributed by atoms with van der Waals surface area (Å²) in [4.78, 5) is 7.03. The number of rotatable bonds is 0. The van der Waals surface area contributed by atoms with Crippen LogP contribution in [0.5, 0.6) is 0 Å². The highest BCUT2D eigenvalue weighted by atomic mass is 15.3. The number of piperidine rings is 1. The molecule has 0 amide bonds. The lowest BCUT2D eigenvalue weighted by atomic mass is 9.75. The third-order valence-electron chi connectivity index (χ3n) is 4.04. The molecule has 1 unspecified atom stereocenters. The number of hydrogen-bond acceptors (Lipinski definition) is 3. The molecule has 16 heavy (non-hydrogen) atoms. The van der Waals surface area contributed by atoms with Crippen molar-refractivity contribution in [3.63, 3.8) is 0 Å². The van der Waals surface area contributed by atoms with E-state index in [0.29, 0.717) is 11.5 Å². The van der Waals surface area contributed by atoms with E-state index in [1.807, 2.05) is 12.3 Å². The monoisotopic (exact) mass is 217 g/mol. The molecule has 1 aromatic heterocycles. The van der Waals surface area contributed by atoms with E-state index in [1.54, 1.807) is 0 Å². The second-order valence-corrected chi connectivity index (χ2v) is 5.56. The van der Waals surface area contributed by atoms with Crippen LogP contribution >= 0.6 is 0 Å². The minimum Gasteiger partial charge on any atom is -0.380 e. The molecule has 3 nitrogen and oxygen atoms in total. The van der Waals surface area contributed by atoms with Gasteiger partial charge in [-0.1, -0.05) is 13.8 Å². The average Bonchev–Trinajstić information content (AvgIpc) is 2.28. The van der Waals surface area contributed by atoms with Gasteiger partial charge >= 0.3 is 0 Å². The summed E-state index contributed by atoms with van der Waals surface area (Å²) in [6, 6.07) is 4.71. The Balaban J connectivity index is 2.01. The van der Waals surface area contributed by atoms with Gasteiger partial charge < -0.3 is 10.2 Å². The zero-order valence-corrected chi connectivity index (χ0v) is 10.0. The molecular weight excluding hydrogens is 198 g/mol. The fourth-order valence-corrected chi connectivity index (χ4v) is 3.06. The van der Waals surface area contributed by atoms with E-state index >= 15 is 0 Å². The molecule has 0 radical (unpaired) electrons. The Labute approximate surface area is 96.9 Å². The van der Waals surface area contributed by atoms with Crippen LogP contribution in [0.3, 0.4) is 0 Å². The van der Waals surface area contributed by atoms with E-state index in [9.17, 15) is 0 Å². The predicted octanol–water partition coefficient (Wildman–Crippen LogP) is 2.50. The molecular formula is C13H19N3. The largest absolute Gasteiger partial charge is 0.380 e. The minimum absolute atomic E-state index is 0.389. The number of fused-ring (bicyclic) bond motifs is 3. The minimum atomic E-state index is 0.389. The normalized spacial score (nSPS) is 26.6. The summed E-state index contributed by atoms with van der Waals surface area (Å²) in [5.74, 6) is 1.14. The molecule has 1 atom stereocenters. The van der Waals surface area contributed by atoms with E-state index in [0.717, 1.165) is 18.9 Å². The van der Waals surface area contributed by atoms with Gasteiger partial charge in [-0.15, -0.1) is 0 Å². The molecule has 1 saturated heterocycles. The molecule has 3 rings (SSSR count). The van der Waals surface area contributed by atoms with Crippen molar-refractivity contribution >= 4 is 11.5 Å². The Morgan fingerprint density at radius 1 is 1.50 bits per heavy atom. The average molecular weight is 217 g/mol. The van der Waals surface area contributed by atoms with Crippen LogP contribution in [0.2, 0.25) is 0 Å². The van der Waals surface area contributed by atoms with Crippen LogP contribution in [0.15, 0.2) is 18.3 Å². The van der Waals surface area contributed by atoms with Crippen LogP contribution in [-0.2, 0) is 0 Å². The van der Waals surface area contributed by atoms with Gasteiger partial charge in [0.1, 0.15) is 0 Å². The van der Waals surface area contributed by atoms with Gasteiger partial charge in [0, 0.05) is 19.3 Å². The van der Waals surface area contributed by atoms with Crippen LogP contribution in [-0.4, -0.2) is 24.1 Å². The summed E-state index contributed by atoms with van der Waals surface area (Å²) >= 11 is 0. The first-order valence-electron chi connectivity index (χ1n) is 6.14. The number of nitrogens with one attached hydrogen (secondary N) is 1. The lowest BCUT2D eigenvalue weighted by Gasteiger charge is -2.50. The van der Waals surface area contributed by atoms with E-state index < -0.39 is 0 Å². The maximum Gasteiger partial charge on any atom is 0.152 e. The highest BCUT2D eigenvalue weighted by Crippen LogP contribution is 2.41. The second-order valence-electron chi connectivity index (χ2n) is 5.56. The fourth-order valence-electron chi connectivity index (χ4n) is 3.06. The van der Waals surface area contributed by atoms with Crippen LogP contribution in [0.25, 0.3) is 0 Å². The van der Waals surface area contributed by atoms with Gasteiger partial charge in [-0.05, 0) is 30.4 Å². The maximum atomic E-state index is 4.53. The molecule has 1 aromatic rings. The Kier molecular flexibility index (Phi) is 2.09. The van der Waals surface area contributed by atoms with E-state index in [-0.39, 0.29) is 0 Å².